The second-order valence-electron chi connectivity index (χ2n) is 8.75. The Bertz CT molecular complexity index is 1030. The number of nitrogens with zero attached hydrogens (tertiary/aromatic N) is 1. The van der Waals surface area contributed by atoms with Crippen molar-refractivity contribution in [2.45, 2.75) is 44.6 Å². The average Bonchev–Trinajstić information content (AvgIpc) is 2.75. The van der Waals surface area contributed by atoms with Crippen LogP contribution in [0.25, 0.3) is 0 Å². The lowest BCUT2D eigenvalue weighted by Crippen LogP contribution is -2.45. The van der Waals surface area contributed by atoms with E-state index in [1.807, 2.05) is 6.92 Å². The number of nitrogens with one attached hydrogen (secondary N) is 2. The third-order valence-electron chi connectivity index (χ3n) is 5.65. The molecule has 1 fully saturated rings. The van der Waals surface area contributed by atoms with Crippen LogP contribution in [0.2, 0.25) is 0 Å². The first kappa shape index (κ1) is 24.1. The molecule has 8 heteroatoms. The molecule has 1 aliphatic rings. The maximum atomic E-state index is 12.9. The Morgan fingerprint density at radius 1 is 1.12 bits per heavy atom. The zero-order valence-electron chi connectivity index (χ0n) is 19.2. The summed E-state index contributed by atoms with van der Waals surface area (Å²) < 4.78 is 33.4. The van der Waals surface area contributed by atoms with Crippen LogP contribution in [0.5, 0.6) is 5.75 Å². The number of benzene rings is 2. The third kappa shape index (κ3) is 6.23. The van der Waals surface area contributed by atoms with E-state index in [2.05, 4.69) is 28.8 Å². The zero-order chi connectivity index (χ0) is 23.3. The Labute approximate surface area is 191 Å². The van der Waals surface area contributed by atoms with Crippen molar-refractivity contribution in [1.82, 2.24) is 10.2 Å². The lowest BCUT2D eigenvalue weighted by molar-refractivity contribution is 0.0906. The summed E-state index contributed by atoms with van der Waals surface area (Å²) in [6.07, 6.45) is 1.79. The fourth-order valence-corrected chi connectivity index (χ4v) is 5.01. The number of likely N-dealkylation sites (tertiary alicyclic amines) is 1. The molecule has 2 aromatic carbocycles. The fraction of sp³-hybridized carbons (Fsp3) is 0.458. The number of sulfonamides is 1. The minimum Gasteiger partial charge on any atom is -0.497 e. The lowest BCUT2D eigenvalue weighted by atomic mass is 10.0. The van der Waals surface area contributed by atoms with Crippen LogP contribution in [0.1, 0.15) is 42.6 Å². The van der Waals surface area contributed by atoms with Crippen molar-refractivity contribution in [3.05, 3.63) is 53.6 Å². The van der Waals surface area contributed by atoms with Gasteiger partial charge in [-0.3, -0.25) is 9.52 Å². The summed E-state index contributed by atoms with van der Waals surface area (Å²) in [5.74, 6) is 1.03. The Balaban J connectivity index is 1.68. The largest absolute Gasteiger partial charge is 0.497 e. The third-order valence-corrected chi connectivity index (χ3v) is 7.03. The molecule has 0 saturated carbocycles. The van der Waals surface area contributed by atoms with Gasteiger partial charge < -0.3 is 15.0 Å². The first-order valence-electron chi connectivity index (χ1n) is 11.0. The highest BCUT2D eigenvalue weighted by molar-refractivity contribution is 7.92. The van der Waals surface area contributed by atoms with E-state index in [0.717, 1.165) is 38.0 Å². The number of aryl methyl sites for hydroxylation is 1. The molecule has 0 spiro atoms. The molecule has 0 aromatic heterocycles. The van der Waals surface area contributed by atoms with E-state index in [-0.39, 0.29) is 16.8 Å². The van der Waals surface area contributed by atoms with Gasteiger partial charge in [0, 0.05) is 36.9 Å². The summed E-state index contributed by atoms with van der Waals surface area (Å²) in [5.41, 5.74) is 1.54. The first-order chi connectivity index (χ1) is 15.2. The van der Waals surface area contributed by atoms with Crippen molar-refractivity contribution in [1.29, 1.82) is 0 Å². The second kappa shape index (κ2) is 10.4. The minimum atomic E-state index is -3.84. The Morgan fingerprint density at radius 3 is 2.38 bits per heavy atom. The molecule has 0 bridgehead atoms. The molecule has 0 atom stereocenters. The molecule has 32 heavy (non-hydrogen) atoms. The average molecular weight is 460 g/mol. The number of methoxy groups -OCH3 is 1. The highest BCUT2D eigenvalue weighted by Gasteiger charge is 2.23. The minimum absolute atomic E-state index is 0.0517. The Morgan fingerprint density at radius 2 is 1.78 bits per heavy atom. The maximum Gasteiger partial charge on any atom is 0.261 e. The van der Waals surface area contributed by atoms with Gasteiger partial charge in [0.05, 0.1) is 12.0 Å². The molecule has 174 valence electrons. The van der Waals surface area contributed by atoms with Crippen LogP contribution < -0.4 is 14.8 Å². The molecule has 2 aromatic rings. The number of hydrogen-bond donors (Lipinski definition) is 2. The molecule has 0 aliphatic carbocycles. The van der Waals surface area contributed by atoms with E-state index >= 15 is 0 Å². The van der Waals surface area contributed by atoms with E-state index < -0.39 is 10.0 Å². The van der Waals surface area contributed by atoms with Gasteiger partial charge in [-0.25, -0.2) is 8.42 Å². The van der Waals surface area contributed by atoms with Crippen LogP contribution in [-0.2, 0) is 10.0 Å². The van der Waals surface area contributed by atoms with Crippen LogP contribution >= 0.6 is 0 Å². The monoisotopic (exact) mass is 459 g/mol. The summed E-state index contributed by atoms with van der Waals surface area (Å²) in [4.78, 5) is 15.4. The number of carbonyl (C=O) groups is 1. The number of ether oxygens (including phenoxy) is 1. The lowest BCUT2D eigenvalue weighted by Gasteiger charge is -2.33. The van der Waals surface area contributed by atoms with Crippen molar-refractivity contribution in [2.75, 3.05) is 31.5 Å². The molecule has 7 nitrogen and oxygen atoms in total. The molecule has 1 amide bonds. The topological polar surface area (TPSA) is 87.7 Å². The summed E-state index contributed by atoms with van der Waals surface area (Å²) in [6.45, 7) is 9.22. The van der Waals surface area contributed by atoms with Crippen molar-refractivity contribution in [3.63, 3.8) is 0 Å². The Hall–Kier alpha value is -2.58. The summed E-state index contributed by atoms with van der Waals surface area (Å²) >= 11 is 0. The number of rotatable bonds is 8. The van der Waals surface area contributed by atoms with E-state index in [4.69, 9.17) is 4.74 Å². The van der Waals surface area contributed by atoms with E-state index in [1.54, 1.807) is 37.4 Å². The standard InChI is InChI=1S/C24H33N3O4S/c1-17(2)16-27-13-11-19(12-14-27)25-24(28)23-15-22(10-5-18(23)3)32(29,30)26-20-6-8-21(31-4)9-7-20/h5-10,15,17,19,26H,11-14,16H2,1-4H3,(H,25,28). The summed E-state index contributed by atoms with van der Waals surface area (Å²) in [6, 6.07) is 11.3. The second-order valence-corrected chi connectivity index (χ2v) is 10.4. The summed E-state index contributed by atoms with van der Waals surface area (Å²) in [5, 5.41) is 3.10. The zero-order valence-corrected chi connectivity index (χ0v) is 20.0. The van der Waals surface area contributed by atoms with Gasteiger partial charge in [0.15, 0.2) is 0 Å². The van der Waals surface area contributed by atoms with Crippen molar-refractivity contribution in [3.8, 4) is 5.75 Å². The van der Waals surface area contributed by atoms with E-state index in [0.29, 0.717) is 22.9 Å². The normalized spacial score (nSPS) is 15.5. The van der Waals surface area contributed by atoms with Crippen LogP contribution in [0.4, 0.5) is 5.69 Å². The van der Waals surface area contributed by atoms with Crippen LogP contribution in [0, 0.1) is 12.8 Å². The smallest absolute Gasteiger partial charge is 0.261 e. The van der Waals surface area contributed by atoms with Gasteiger partial charge in [0.25, 0.3) is 15.9 Å². The van der Waals surface area contributed by atoms with E-state index in [9.17, 15) is 13.2 Å². The predicted octanol–water partition coefficient (Wildman–Crippen LogP) is 3.65. The maximum absolute atomic E-state index is 12.9. The molecular weight excluding hydrogens is 426 g/mol. The van der Waals surface area contributed by atoms with Crippen LogP contribution in [0.15, 0.2) is 47.4 Å². The van der Waals surface area contributed by atoms with Gasteiger partial charge in [-0.2, -0.15) is 0 Å². The van der Waals surface area contributed by atoms with Gasteiger partial charge in [0.1, 0.15) is 5.75 Å². The van der Waals surface area contributed by atoms with Crippen molar-refractivity contribution in [2.24, 2.45) is 5.92 Å². The van der Waals surface area contributed by atoms with Crippen molar-refractivity contribution >= 4 is 21.6 Å². The number of amides is 1. The molecule has 3 rings (SSSR count). The number of anilines is 1. The van der Waals surface area contributed by atoms with Crippen molar-refractivity contribution < 1.29 is 17.9 Å². The molecule has 0 radical (unpaired) electrons. The molecule has 0 unspecified atom stereocenters. The predicted molar refractivity (Wildman–Crippen MR) is 127 cm³/mol. The van der Waals surface area contributed by atoms with Gasteiger partial charge in [-0.05, 0) is 67.6 Å². The SMILES string of the molecule is COc1ccc(NS(=O)(=O)c2ccc(C)c(C(=O)NC3CCN(CC(C)C)CC3)c2)cc1. The van der Waals surface area contributed by atoms with Crippen LogP contribution in [0.3, 0.4) is 0 Å². The number of piperidine rings is 1. The molecule has 2 N–H and O–H groups in total. The molecule has 1 aliphatic heterocycles. The van der Waals surface area contributed by atoms with Gasteiger partial charge in [0.2, 0.25) is 0 Å². The van der Waals surface area contributed by atoms with Gasteiger partial charge >= 0.3 is 0 Å². The Kier molecular flexibility index (Phi) is 7.79. The number of hydrogen-bond acceptors (Lipinski definition) is 5. The van der Waals surface area contributed by atoms with Gasteiger partial charge in [-0.15, -0.1) is 0 Å². The number of carbonyl (C=O) groups excluding carboxylic acids is 1. The highest BCUT2D eigenvalue weighted by Crippen LogP contribution is 2.22. The first-order valence-corrected chi connectivity index (χ1v) is 12.5. The molecule has 1 heterocycles. The fourth-order valence-electron chi connectivity index (χ4n) is 3.93. The molecular formula is C24H33N3O4S. The van der Waals surface area contributed by atoms with Crippen LogP contribution in [-0.4, -0.2) is 52.0 Å². The quantitative estimate of drug-likeness (QED) is 0.629. The van der Waals surface area contributed by atoms with Gasteiger partial charge in [-0.1, -0.05) is 19.9 Å². The highest BCUT2D eigenvalue weighted by atomic mass is 32.2. The molecule has 1 saturated heterocycles. The summed E-state index contributed by atoms with van der Waals surface area (Å²) in [7, 11) is -2.29. The van der Waals surface area contributed by atoms with E-state index in [1.165, 1.54) is 12.1 Å².